The second kappa shape index (κ2) is 7.47. The minimum absolute atomic E-state index is 0.222. The molecule has 0 heterocycles. The molecule has 0 saturated heterocycles. The molecule has 1 fully saturated rings. The van der Waals surface area contributed by atoms with Gasteiger partial charge in [0.1, 0.15) is 5.75 Å². The molecular weight excluding hydrogens is 248 g/mol. The van der Waals surface area contributed by atoms with Crippen molar-refractivity contribution in [3.63, 3.8) is 0 Å². The summed E-state index contributed by atoms with van der Waals surface area (Å²) >= 11 is 0. The van der Waals surface area contributed by atoms with Gasteiger partial charge < -0.3 is 4.74 Å². The van der Waals surface area contributed by atoms with Crippen molar-refractivity contribution in [3.05, 3.63) is 29.8 Å². The van der Waals surface area contributed by atoms with Crippen LogP contribution in [0.2, 0.25) is 0 Å². The average Bonchev–Trinajstić information content (AvgIpc) is 2.48. The number of hydrogen-bond acceptors (Lipinski definition) is 2. The van der Waals surface area contributed by atoms with Gasteiger partial charge in [-0.1, -0.05) is 31.9 Å². The van der Waals surface area contributed by atoms with E-state index in [4.69, 9.17) is 4.74 Å². The number of Topliss-reactive ketones (excluding diaryl/α,β-unsaturated/α-hetero) is 1. The molecule has 2 heteroatoms. The van der Waals surface area contributed by atoms with Crippen LogP contribution in [0.15, 0.2) is 24.3 Å². The van der Waals surface area contributed by atoms with Gasteiger partial charge in [0, 0.05) is 11.5 Å². The molecule has 0 unspecified atom stereocenters. The van der Waals surface area contributed by atoms with E-state index in [1.165, 1.54) is 25.7 Å². The summed E-state index contributed by atoms with van der Waals surface area (Å²) in [5.74, 6) is 2.18. The highest BCUT2D eigenvalue weighted by Gasteiger charge is 2.26. The zero-order chi connectivity index (χ0) is 14.4. The maximum Gasteiger partial charge on any atom is 0.166 e. The molecule has 0 spiro atoms. The predicted molar refractivity (Wildman–Crippen MR) is 82.3 cm³/mol. The first-order valence-corrected chi connectivity index (χ1v) is 8.01. The third-order valence-electron chi connectivity index (χ3n) is 4.34. The van der Waals surface area contributed by atoms with Gasteiger partial charge in [-0.25, -0.2) is 0 Å². The highest BCUT2D eigenvalue weighted by molar-refractivity contribution is 5.98. The van der Waals surface area contributed by atoms with Crippen LogP contribution in [0.1, 0.15) is 62.7 Å². The molecule has 0 bridgehead atoms. The first-order chi connectivity index (χ1) is 9.74. The summed E-state index contributed by atoms with van der Waals surface area (Å²) in [6, 6.07) is 7.65. The predicted octanol–water partition coefficient (Wildman–Crippen LogP) is 4.87. The SMILES string of the molecule is CCCC1CCC(C(=O)c2cccc(OCC)c2)CC1. The Morgan fingerprint density at radius 1 is 1.20 bits per heavy atom. The van der Waals surface area contributed by atoms with Crippen molar-refractivity contribution in [3.8, 4) is 5.75 Å². The molecule has 0 aliphatic heterocycles. The molecule has 110 valence electrons. The van der Waals surface area contributed by atoms with Crippen molar-refractivity contribution >= 4 is 5.78 Å². The average molecular weight is 274 g/mol. The van der Waals surface area contributed by atoms with E-state index in [9.17, 15) is 4.79 Å². The number of hydrogen-bond donors (Lipinski definition) is 0. The van der Waals surface area contributed by atoms with E-state index in [0.29, 0.717) is 12.4 Å². The Balaban J connectivity index is 1.96. The summed E-state index contributed by atoms with van der Waals surface area (Å²) in [6.45, 7) is 4.85. The van der Waals surface area contributed by atoms with Gasteiger partial charge in [0.25, 0.3) is 0 Å². The lowest BCUT2D eigenvalue weighted by Gasteiger charge is -2.27. The largest absolute Gasteiger partial charge is 0.494 e. The Labute approximate surface area is 122 Å². The van der Waals surface area contributed by atoms with Crippen LogP contribution in [0.4, 0.5) is 0 Å². The van der Waals surface area contributed by atoms with Gasteiger partial charge in [-0.05, 0) is 50.7 Å². The normalized spacial score (nSPS) is 22.5. The first-order valence-electron chi connectivity index (χ1n) is 8.01. The van der Waals surface area contributed by atoms with Gasteiger partial charge in [-0.15, -0.1) is 0 Å². The minimum Gasteiger partial charge on any atom is -0.494 e. The highest BCUT2D eigenvalue weighted by Crippen LogP contribution is 2.33. The van der Waals surface area contributed by atoms with Crippen LogP contribution in [0.3, 0.4) is 0 Å². The van der Waals surface area contributed by atoms with E-state index < -0.39 is 0 Å². The van der Waals surface area contributed by atoms with Crippen molar-refractivity contribution in [2.75, 3.05) is 6.61 Å². The monoisotopic (exact) mass is 274 g/mol. The van der Waals surface area contributed by atoms with E-state index in [2.05, 4.69) is 6.92 Å². The van der Waals surface area contributed by atoms with Crippen molar-refractivity contribution in [1.29, 1.82) is 0 Å². The summed E-state index contributed by atoms with van der Waals surface area (Å²) < 4.78 is 5.48. The van der Waals surface area contributed by atoms with Crippen molar-refractivity contribution in [1.82, 2.24) is 0 Å². The number of ketones is 1. The number of benzene rings is 1. The fourth-order valence-electron chi connectivity index (χ4n) is 3.26. The molecule has 1 aromatic carbocycles. The Morgan fingerprint density at radius 2 is 1.95 bits per heavy atom. The molecule has 1 aliphatic rings. The lowest BCUT2D eigenvalue weighted by molar-refractivity contribution is 0.0869. The van der Waals surface area contributed by atoms with E-state index in [1.807, 2.05) is 31.2 Å². The van der Waals surface area contributed by atoms with Crippen LogP contribution in [0.25, 0.3) is 0 Å². The van der Waals surface area contributed by atoms with Gasteiger partial charge >= 0.3 is 0 Å². The summed E-state index contributed by atoms with van der Waals surface area (Å²) in [7, 11) is 0. The quantitative estimate of drug-likeness (QED) is 0.691. The second-order valence-electron chi connectivity index (χ2n) is 5.83. The number of ether oxygens (including phenoxy) is 1. The zero-order valence-electron chi connectivity index (χ0n) is 12.7. The summed E-state index contributed by atoms with van der Waals surface area (Å²) in [5, 5.41) is 0. The maximum absolute atomic E-state index is 12.6. The third kappa shape index (κ3) is 3.84. The Bertz CT molecular complexity index is 431. The Morgan fingerprint density at radius 3 is 2.60 bits per heavy atom. The molecule has 1 aromatic rings. The second-order valence-corrected chi connectivity index (χ2v) is 5.83. The number of rotatable bonds is 6. The fourth-order valence-corrected chi connectivity index (χ4v) is 3.26. The molecule has 1 saturated carbocycles. The summed E-state index contributed by atoms with van der Waals surface area (Å²) in [4.78, 5) is 12.6. The Kier molecular flexibility index (Phi) is 5.63. The van der Waals surface area contributed by atoms with E-state index in [1.54, 1.807) is 0 Å². The molecule has 2 nitrogen and oxygen atoms in total. The maximum atomic E-state index is 12.6. The van der Waals surface area contributed by atoms with Crippen LogP contribution < -0.4 is 4.74 Å². The standard InChI is InChI=1S/C18H26O2/c1-3-6-14-9-11-15(12-10-14)18(19)16-7-5-8-17(13-16)20-4-2/h5,7-8,13-15H,3-4,6,9-12H2,1-2H3. The number of carbonyl (C=O) groups excluding carboxylic acids is 1. The van der Waals surface area contributed by atoms with Crippen molar-refractivity contribution in [2.45, 2.75) is 52.4 Å². The smallest absolute Gasteiger partial charge is 0.166 e. The highest BCUT2D eigenvalue weighted by atomic mass is 16.5. The molecule has 0 amide bonds. The van der Waals surface area contributed by atoms with Crippen molar-refractivity contribution < 1.29 is 9.53 Å². The van der Waals surface area contributed by atoms with Gasteiger partial charge in [0.05, 0.1) is 6.61 Å². The minimum atomic E-state index is 0.222. The zero-order valence-corrected chi connectivity index (χ0v) is 12.7. The lowest BCUT2D eigenvalue weighted by atomic mass is 9.77. The van der Waals surface area contributed by atoms with Crippen LogP contribution in [-0.2, 0) is 0 Å². The first kappa shape index (κ1) is 15.1. The fraction of sp³-hybridized carbons (Fsp3) is 0.611. The Hall–Kier alpha value is -1.31. The molecule has 0 aromatic heterocycles. The third-order valence-corrected chi connectivity index (χ3v) is 4.34. The molecule has 1 aliphatic carbocycles. The van der Waals surface area contributed by atoms with Crippen LogP contribution >= 0.6 is 0 Å². The van der Waals surface area contributed by atoms with Gasteiger partial charge in [-0.2, -0.15) is 0 Å². The molecule has 20 heavy (non-hydrogen) atoms. The van der Waals surface area contributed by atoms with Crippen LogP contribution in [0, 0.1) is 11.8 Å². The molecule has 0 radical (unpaired) electrons. The van der Waals surface area contributed by atoms with Crippen LogP contribution in [-0.4, -0.2) is 12.4 Å². The molecular formula is C18H26O2. The number of carbonyl (C=O) groups is 1. The topological polar surface area (TPSA) is 26.3 Å². The molecule has 2 rings (SSSR count). The summed E-state index contributed by atoms with van der Waals surface area (Å²) in [6.07, 6.45) is 7.13. The molecule has 0 atom stereocenters. The molecule has 0 N–H and O–H groups in total. The van der Waals surface area contributed by atoms with Gasteiger partial charge in [0.2, 0.25) is 0 Å². The van der Waals surface area contributed by atoms with Crippen LogP contribution in [0.5, 0.6) is 5.75 Å². The van der Waals surface area contributed by atoms with E-state index in [0.717, 1.165) is 30.1 Å². The van der Waals surface area contributed by atoms with Crippen molar-refractivity contribution in [2.24, 2.45) is 11.8 Å². The van der Waals surface area contributed by atoms with Gasteiger partial charge in [0.15, 0.2) is 5.78 Å². The summed E-state index contributed by atoms with van der Waals surface area (Å²) in [5.41, 5.74) is 0.815. The van der Waals surface area contributed by atoms with Gasteiger partial charge in [-0.3, -0.25) is 4.79 Å². The van der Waals surface area contributed by atoms with E-state index in [-0.39, 0.29) is 5.92 Å². The van der Waals surface area contributed by atoms with E-state index >= 15 is 0 Å². The lowest BCUT2D eigenvalue weighted by Crippen LogP contribution is -2.22.